The normalized spacial score (nSPS) is 12.2. The fourth-order valence-corrected chi connectivity index (χ4v) is 2.53. The standard InChI is InChI=1S/C16H16BrF2NO/c1-20-15(8-10-3-5-12(17)9-13(10)18)11-4-6-16(21-2)14(19)7-11/h3-7,9,15,20H,8H2,1-2H3. The molecule has 5 heteroatoms. The van der Waals surface area contributed by atoms with Crippen LogP contribution in [0.3, 0.4) is 0 Å². The van der Waals surface area contributed by atoms with Gasteiger partial charge >= 0.3 is 0 Å². The van der Waals surface area contributed by atoms with Crippen molar-refractivity contribution in [3.8, 4) is 5.75 Å². The van der Waals surface area contributed by atoms with Gasteiger partial charge < -0.3 is 10.1 Å². The van der Waals surface area contributed by atoms with Crippen LogP contribution < -0.4 is 10.1 Å². The highest BCUT2D eigenvalue weighted by Gasteiger charge is 2.15. The van der Waals surface area contributed by atoms with Crippen LogP contribution in [0.1, 0.15) is 17.2 Å². The minimum absolute atomic E-state index is 0.180. The van der Waals surface area contributed by atoms with E-state index in [2.05, 4.69) is 21.2 Å². The molecule has 0 amide bonds. The minimum Gasteiger partial charge on any atom is -0.494 e. The highest BCUT2D eigenvalue weighted by molar-refractivity contribution is 9.10. The molecule has 1 atom stereocenters. The van der Waals surface area contributed by atoms with Gasteiger partial charge in [-0.05, 0) is 48.9 Å². The van der Waals surface area contributed by atoms with Gasteiger partial charge in [-0.25, -0.2) is 8.78 Å². The Kier molecular flexibility index (Phi) is 5.31. The molecule has 112 valence electrons. The zero-order chi connectivity index (χ0) is 15.4. The van der Waals surface area contributed by atoms with Gasteiger partial charge in [-0.1, -0.05) is 28.1 Å². The maximum Gasteiger partial charge on any atom is 0.165 e. The average molecular weight is 356 g/mol. The first kappa shape index (κ1) is 15.9. The number of ether oxygens (including phenoxy) is 1. The monoisotopic (exact) mass is 355 g/mol. The van der Waals surface area contributed by atoms with Crippen molar-refractivity contribution in [3.05, 3.63) is 63.6 Å². The lowest BCUT2D eigenvalue weighted by atomic mass is 9.98. The van der Waals surface area contributed by atoms with Crippen molar-refractivity contribution in [2.75, 3.05) is 14.2 Å². The molecule has 1 N–H and O–H groups in total. The van der Waals surface area contributed by atoms with Crippen LogP contribution in [0.25, 0.3) is 0 Å². The predicted octanol–water partition coefficient (Wildman–Crippen LogP) is 4.24. The van der Waals surface area contributed by atoms with Gasteiger partial charge in [0.1, 0.15) is 5.82 Å². The van der Waals surface area contributed by atoms with Crippen LogP contribution in [0.2, 0.25) is 0 Å². The van der Waals surface area contributed by atoms with E-state index in [0.29, 0.717) is 16.5 Å². The molecule has 2 aromatic rings. The molecule has 0 radical (unpaired) electrons. The van der Waals surface area contributed by atoms with Gasteiger partial charge in [0.25, 0.3) is 0 Å². The number of likely N-dealkylation sites (N-methyl/N-ethyl adjacent to an activating group) is 1. The molecule has 2 aromatic carbocycles. The molecule has 1 unspecified atom stereocenters. The van der Waals surface area contributed by atoms with E-state index in [9.17, 15) is 8.78 Å². The molecule has 0 spiro atoms. The van der Waals surface area contributed by atoms with Crippen molar-refractivity contribution >= 4 is 15.9 Å². The summed E-state index contributed by atoms with van der Waals surface area (Å²) in [4.78, 5) is 0. The summed E-state index contributed by atoms with van der Waals surface area (Å²) in [5, 5.41) is 3.09. The van der Waals surface area contributed by atoms with E-state index in [-0.39, 0.29) is 17.6 Å². The molecule has 0 saturated heterocycles. The Morgan fingerprint density at radius 2 is 1.90 bits per heavy atom. The van der Waals surface area contributed by atoms with Gasteiger partial charge in [-0.15, -0.1) is 0 Å². The first-order chi connectivity index (χ1) is 10.0. The third-order valence-corrected chi connectivity index (χ3v) is 3.86. The molecule has 0 bridgehead atoms. The Balaban J connectivity index is 2.25. The molecule has 2 rings (SSSR count). The Hall–Kier alpha value is -1.46. The molecule has 0 saturated carbocycles. The van der Waals surface area contributed by atoms with Gasteiger partial charge in [0.05, 0.1) is 7.11 Å². The third-order valence-electron chi connectivity index (χ3n) is 3.37. The van der Waals surface area contributed by atoms with Gasteiger partial charge in [0.2, 0.25) is 0 Å². The number of hydrogen-bond acceptors (Lipinski definition) is 2. The lowest BCUT2D eigenvalue weighted by Gasteiger charge is -2.18. The summed E-state index contributed by atoms with van der Waals surface area (Å²) < 4.78 is 33.3. The molecule has 0 fully saturated rings. The Morgan fingerprint density at radius 3 is 2.48 bits per heavy atom. The van der Waals surface area contributed by atoms with E-state index in [4.69, 9.17) is 4.74 Å². The zero-order valence-electron chi connectivity index (χ0n) is 11.8. The number of halogens is 3. The number of hydrogen-bond donors (Lipinski definition) is 1. The quantitative estimate of drug-likeness (QED) is 0.865. The summed E-state index contributed by atoms with van der Waals surface area (Å²) >= 11 is 3.23. The van der Waals surface area contributed by atoms with Crippen LogP contribution in [0.15, 0.2) is 40.9 Å². The second-order valence-electron chi connectivity index (χ2n) is 4.68. The number of methoxy groups -OCH3 is 1. The fourth-order valence-electron chi connectivity index (χ4n) is 2.19. The average Bonchev–Trinajstić information content (AvgIpc) is 2.46. The summed E-state index contributed by atoms with van der Waals surface area (Å²) in [6.45, 7) is 0. The maximum atomic E-state index is 13.9. The van der Waals surface area contributed by atoms with Crippen LogP contribution in [0, 0.1) is 11.6 Å². The zero-order valence-corrected chi connectivity index (χ0v) is 13.4. The molecule has 0 aliphatic rings. The largest absolute Gasteiger partial charge is 0.494 e. The fraction of sp³-hybridized carbons (Fsp3) is 0.250. The van der Waals surface area contributed by atoms with Gasteiger partial charge in [-0.2, -0.15) is 0 Å². The maximum absolute atomic E-state index is 13.9. The molecular formula is C16H16BrF2NO. The van der Waals surface area contributed by atoms with Crippen molar-refractivity contribution in [2.45, 2.75) is 12.5 Å². The first-order valence-electron chi connectivity index (χ1n) is 6.49. The van der Waals surface area contributed by atoms with Crippen LogP contribution in [-0.2, 0) is 6.42 Å². The highest BCUT2D eigenvalue weighted by Crippen LogP contribution is 2.25. The van der Waals surface area contributed by atoms with Crippen LogP contribution in [-0.4, -0.2) is 14.2 Å². The van der Waals surface area contributed by atoms with Crippen LogP contribution >= 0.6 is 15.9 Å². The van der Waals surface area contributed by atoms with E-state index >= 15 is 0 Å². The summed E-state index contributed by atoms with van der Waals surface area (Å²) in [6, 6.07) is 9.53. The summed E-state index contributed by atoms with van der Waals surface area (Å²) in [7, 11) is 3.19. The van der Waals surface area contributed by atoms with E-state index in [1.807, 2.05) is 0 Å². The van der Waals surface area contributed by atoms with E-state index in [1.54, 1.807) is 31.3 Å². The SMILES string of the molecule is CNC(Cc1ccc(Br)cc1F)c1ccc(OC)c(F)c1. The molecule has 0 aliphatic heterocycles. The van der Waals surface area contributed by atoms with Crippen LogP contribution in [0.5, 0.6) is 5.75 Å². The number of nitrogens with one attached hydrogen (secondary N) is 1. The van der Waals surface area contributed by atoms with Crippen molar-refractivity contribution in [3.63, 3.8) is 0 Å². The van der Waals surface area contributed by atoms with Crippen molar-refractivity contribution in [1.29, 1.82) is 0 Å². The summed E-state index contributed by atoms with van der Waals surface area (Å²) in [6.07, 6.45) is 0.432. The summed E-state index contributed by atoms with van der Waals surface area (Å²) in [5.41, 5.74) is 1.33. The second kappa shape index (κ2) is 7.00. The summed E-state index contributed by atoms with van der Waals surface area (Å²) in [5.74, 6) is -0.506. The lowest BCUT2D eigenvalue weighted by molar-refractivity contribution is 0.385. The topological polar surface area (TPSA) is 21.3 Å². The van der Waals surface area contributed by atoms with Gasteiger partial charge in [0, 0.05) is 10.5 Å². The predicted molar refractivity (Wildman–Crippen MR) is 82.6 cm³/mol. The Morgan fingerprint density at radius 1 is 1.14 bits per heavy atom. The molecule has 21 heavy (non-hydrogen) atoms. The van der Waals surface area contributed by atoms with Crippen LogP contribution in [0.4, 0.5) is 8.78 Å². The molecule has 2 nitrogen and oxygen atoms in total. The molecular weight excluding hydrogens is 340 g/mol. The number of benzene rings is 2. The molecule has 0 heterocycles. The Bertz CT molecular complexity index is 634. The van der Waals surface area contributed by atoms with E-state index < -0.39 is 5.82 Å². The Labute approximate surface area is 131 Å². The van der Waals surface area contributed by atoms with Gasteiger partial charge in [-0.3, -0.25) is 0 Å². The van der Waals surface area contributed by atoms with Crippen molar-refractivity contribution < 1.29 is 13.5 Å². The van der Waals surface area contributed by atoms with E-state index in [0.717, 1.165) is 5.56 Å². The van der Waals surface area contributed by atoms with Crippen molar-refractivity contribution in [2.24, 2.45) is 0 Å². The molecule has 0 aromatic heterocycles. The minimum atomic E-state index is -0.425. The van der Waals surface area contributed by atoms with Crippen molar-refractivity contribution in [1.82, 2.24) is 5.32 Å². The highest BCUT2D eigenvalue weighted by atomic mass is 79.9. The first-order valence-corrected chi connectivity index (χ1v) is 7.29. The lowest BCUT2D eigenvalue weighted by Crippen LogP contribution is -2.19. The van der Waals surface area contributed by atoms with E-state index in [1.165, 1.54) is 19.2 Å². The number of rotatable bonds is 5. The smallest absolute Gasteiger partial charge is 0.165 e. The third kappa shape index (κ3) is 3.80. The van der Waals surface area contributed by atoms with Gasteiger partial charge in [0.15, 0.2) is 11.6 Å². The second-order valence-corrected chi connectivity index (χ2v) is 5.59. The molecule has 0 aliphatic carbocycles.